The van der Waals surface area contributed by atoms with Gasteiger partial charge in [0.15, 0.2) is 29.6 Å². The number of esters is 1. The molecule has 3 heterocycles. The number of nitrogens with one attached hydrogen (secondary N) is 1. The normalized spacial score (nSPS) is 50.8. The number of allylic oxidation sites excluding steroid dienone is 4. The molecule has 82 heavy (non-hydrogen) atoms. The molecule has 4 aliphatic carbocycles. The summed E-state index contributed by atoms with van der Waals surface area (Å²) >= 11 is 0. The summed E-state index contributed by atoms with van der Waals surface area (Å²) in [6.07, 6.45) is -9.95. The average Bonchev–Trinajstić information content (AvgIpc) is 2.67. The summed E-state index contributed by atoms with van der Waals surface area (Å²) in [4.78, 5) is 45.5. The lowest BCUT2D eigenvalue weighted by molar-refractivity contribution is -0.318. The van der Waals surface area contributed by atoms with Crippen LogP contribution in [-0.2, 0) is 42.8 Å². The largest absolute Gasteiger partial charge is 0.459 e. The predicted octanol–water partition coefficient (Wildman–Crippen LogP) is 4.07. The molecule has 8 unspecified atom stereocenters. The van der Waals surface area contributed by atoms with Crippen LogP contribution in [0.15, 0.2) is 23.8 Å². The van der Waals surface area contributed by atoms with Crippen LogP contribution in [0.2, 0.25) is 0 Å². The van der Waals surface area contributed by atoms with Gasteiger partial charge in [-0.1, -0.05) is 40.7 Å². The summed E-state index contributed by atoms with van der Waals surface area (Å²) < 4.78 is 72.3. The van der Waals surface area contributed by atoms with Crippen molar-refractivity contribution in [1.82, 2.24) is 15.1 Å². The molecule has 0 aromatic heterocycles. The Hall–Kier alpha value is -2.61. The number of aliphatic hydroxyl groups is 7. The van der Waals surface area contributed by atoms with Crippen molar-refractivity contribution in [3.8, 4) is 0 Å². The van der Waals surface area contributed by atoms with Gasteiger partial charge in [0.05, 0.1) is 47.6 Å². The van der Waals surface area contributed by atoms with Gasteiger partial charge in [-0.2, -0.15) is 0 Å². The van der Waals surface area contributed by atoms with Gasteiger partial charge < -0.3 is 74.4 Å². The molecule has 0 aromatic carbocycles. The van der Waals surface area contributed by atoms with Crippen LogP contribution in [0.5, 0.6) is 0 Å². The second kappa shape index (κ2) is 24.5. The van der Waals surface area contributed by atoms with Crippen LogP contribution in [0.3, 0.4) is 0 Å². The van der Waals surface area contributed by atoms with Crippen molar-refractivity contribution in [3.05, 3.63) is 23.8 Å². The predicted molar refractivity (Wildman–Crippen MR) is 299 cm³/mol. The lowest BCUT2D eigenvalue weighted by Crippen LogP contribution is -2.71. The monoisotopic (exact) mass is 1170 g/mol. The van der Waals surface area contributed by atoms with Crippen molar-refractivity contribution < 1.29 is 87.3 Å². The molecule has 8 N–H and O–H groups in total. The molecule has 19 nitrogen and oxygen atoms in total. The molecule has 3 saturated carbocycles. The van der Waals surface area contributed by atoms with Gasteiger partial charge >= 0.3 is 5.97 Å². The van der Waals surface area contributed by atoms with Gasteiger partial charge in [0.1, 0.15) is 36.2 Å². The molecule has 0 aromatic rings. The summed E-state index contributed by atoms with van der Waals surface area (Å²) in [6.45, 7) is 22.3. The van der Waals surface area contributed by atoms with E-state index in [1.165, 1.54) is 33.1 Å². The molecule has 3 saturated heterocycles. The van der Waals surface area contributed by atoms with Crippen LogP contribution < -0.4 is 5.32 Å². The van der Waals surface area contributed by atoms with Crippen molar-refractivity contribution >= 4 is 17.7 Å². The quantitative estimate of drug-likeness (QED) is 0.101. The van der Waals surface area contributed by atoms with E-state index < -0.39 is 166 Å². The molecule has 1 amide bonds. The summed E-state index contributed by atoms with van der Waals surface area (Å²) in [6, 6.07) is -1.21. The first-order chi connectivity index (χ1) is 37.9. The Morgan fingerprint density at radius 1 is 0.890 bits per heavy atom. The van der Waals surface area contributed by atoms with E-state index in [4.69, 9.17) is 28.4 Å². The molecule has 7 aliphatic rings. The zero-order valence-electron chi connectivity index (χ0n) is 51.5. The smallest absolute Gasteiger partial charge is 0.311 e. The average molecular weight is 1170 g/mol. The molecule has 0 spiro atoms. The van der Waals surface area contributed by atoms with Crippen LogP contribution >= 0.6 is 0 Å². The Morgan fingerprint density at radius 2 is 1.55 bits per heavy atom. The first-order valence-electron chi connectivity index (χ1n) is 30.1. The van der Waals surface area contributed by atoms with Crippen LogP contribution in [0, 0.1) is 46.3 Å². The van der Waals surface area contributed by atoms with E-state index in [9.17, 15) is 50.1 Å². The minimum Gasteiger partial charge on any atom is -0.459 e. The number of hydrogen-bond acceptors (Lipinski definition) is 18. The standard InChI is InChI=1S/C61H101F2N3O16/c1-17-45-59(13,75)49(70)36(7)66(22-18-21-64-54(73)61(76)32(3)23-39-40-26-42(62)41-25-38(67)19-20-55(41,9)60(40,63)44(68)28-56(39,61)10)30-31(2)27-57(11,74)51(82-53-47(69)43(65(14)15)24-33(4)78-53)34(5)48(35(6)52(72)80-45)81-46-29-58(12,77-16)50(71)37(8)79-46/h19-20,25,31-37,39-40,42-51,53,68-71,74-76H,17-18,21-24,26-30H2,1-16H3,(H,64,73)/t31-,32-,33?,34+,35-,36-,37?,39?,40?,42+,43-,44+,45-,46?,47-,48?,49-,50-,51?,53?,55+,56+,57-,58+,59-,60+,61+/m1/s1. The van der Waals surface area contributed by atoms with E-state index in [2.05, 4.69) is 5.32 Å². The van der Waals surface area contributed by atoms with Crippen LogP contribution in [0.1, 0.15) is 141 Å². The number of alkyl halides is 2. The number of rotatable bonds is 12. The second-order valence-corrected chi connectivity index (χ2v) is 27.6. The SMILES string of the molecule is CC[C@H]1OC(=O)[C@H](C)C(OC2C[C@](C)(OC)[C@H](O)C(C)O2)[C@H](C)C(OC2OC(C)C[C@@H](N(C)C)[C@H]2O)[C@](C)(O)C[C@@H](C)CN(CCCNC(=O)[C@@]2(O)[C@H](C)CC3C4C[C@H](F)C5=CC(=O)C=C[C@]5(C)[C@@]4(F)[C@@H](O)C[C@@]32C)[C@H](C)[C@@H](O)[C@]1(C)O. The highest BCUT2D eigenvalue weighted by molar-refractivity contribution is 6.01. The van der Waals surface area contributed by atoms with Crippen molar-refractivity contribution in [2.45, 2.75) is 255 Å². The summed E-state index contributed by atoms with van der Waals surface area (Å²) in [5.41, 5.74) is -12.4. The maximum atomic E-state index is 17.9. The number of fused-ring (bicyclic) bond motifs is 5. The van der Waals surface area contributed by atoms with Crippen molar-refractivity contribution in [2.24, 2.45) is 46.3 Å². The van der Waals surface area contributed by atoms with Crippen LogP contribution in [0.25, 0.3) is 0 Å². The third-order valence-corrected chi connectivity index (χ3v) is 21.5. The number of methoxy groups -OCH3 is 1. The van der Waals surface area contributed by atoms with E-state index in [1.54, 1.807) is 62.3 Å². The van der Waals surface area contributed by atoms with Crippen molar-refractivity contribution in [3.63, 3.8) is 0 Å². The van der Waals surface area contributed by atoms with Crippen molar-refractivity contribution in [1.29, 1.82) is 0 Å². The second-order valence-electron chi connectivity index (χ2n) is 27.6. The first-order valence-corrected chi connectivity index (χ1v) is 30.1. The maximum Gasteiger partial charge on any atom is 0.311 e. The van der Waals surface area contributed by atoms with Gasteiger partial charge in [-0.05, 0) is 150 Å². The van der Waals surface area contributed by atoms with E-state index in [-0.39, 0.29) is 82.3 Å². The highest BCUT2D eigenvalue weighted by atomic mass is 19.1. The fourth-order valence-electron chi connectivity index (χ4n) is 16.5. The Labute approximate surface area is 484 Å². The Morgan fingerprint density at radius 3 is 2.17 bits per heavy atom. The Kier molecular flexibility index (Phi) is 20.0. The number of carbonyl (C=O) groups excluding carboxylic acids is 3. The van der Waals surface area contributed by atoms with Gasteiger partial charge in [0.2, 0.25) is 0 Å². The van der Waals surface area contributed by atoms with Crippen molar-refractivity contribution in [2.75, 3.05) is 40.8 Å². The number of cyclic esters (lactones) is 1. The Balaban J connectivity index is 1.16. The zero-order chi connectivity index (χ0) is 61.4. The van der Waals surface area contributed by atoms with E-state index in [0.717, 1.165) is 6.08 Å². The third-order valence-electron chi connectivity index (χ3n) is 21.5. The van der Waals surface area contributed by atoms with Gasteiger partial charge in [0, 0.05) is 67.9 Å². The van der Waals surface area contributed by atoms with E-state index >= 15 is 8.78 Å². The molecule has 7 rings (SSSR count). The van der Waals surface area contributed by atoms with E-state index in [1.807, 2.05) is 37.7 Å². The highest BCUT2D eigenvalue weighted by Crippen LogP contribution is 2.71. The molecular formula is C61H101F2N3O16. The number of amides is 1. The molecule has 6 fully saturated rings. The third kappa shape index (κ3) is 11.7. The Bertz CT molecular complexity index is 2350. The number of aliphatic hydroxyl groups excluding tert-OH is 4. The zero-order valence-corrected chi connectivity index (χ0v) is 51.5. The number of likely N-dealkylation sites (N-methyl/N-ethyl adjacent to an activating group) is 1. The maximum absolute atomic E-state index is 17.9. The number of halogens is 2. The molecule has 0 radical (unpaired) electrons. The number of carbonyl (C=O) groups is 3. The molecule has 27 atom stereocenters. The van der Waals surface area contributed by atoms with Crippen LogP contribution in [0.4, 0.5) is 8.78 Å². The minimum absolute atomic E-state index is 0.0109. The molecule has 21 heteroatoms. The minimum atomic E-state index is -2.39. The molecule has 0 bridgehead atoms. The highest BCUT2D eigenvalue weighted by Gasteiger charge is 2.77. The summed E-state index contributed by atoms with van der Waals surface area (Å²) in [7, 11) is 5.17. The lowest BCUT2D eigenvalue weighted by Gasteiger charge is -2.63. The number of ether oxygens (including phenoxy) is 6. The van der Waals surface area contributed by atoms with E-state index in [0.29, 0.717) is 6.42 Å². The summed E-state index contributed by atoms with van der Waals surface area (Å²) in [5.74, 6) is -6.92. The summed E-state index contributed by atoms with van der Waals surface area (Å²) in [5, 5.41) is 88.3. The first kappa shape index (κ1) is 66.9. The lowest BCUT2D eigenvalue weighted by atomic mass is 9.44. The molecular weight excluding hydrogens is 1070 g/mol. The topological polar surface area (TPSA) is 267 Å². The molecule has 470 valence electrons. The van der Waals surface area contributed by atoms with Gasteiger partial charge in [0.25, 0.3) is 5.91 Å². The molecule has 3 aliphatic heterocycles. The van der Waals surface area contributed by atoms with Crippen LogP contribution in [-0.4, -0.2) is 218 Å². The number of nitrogens with zero attached hydrogens (tertiary/aromatic N) is 2. The van der Waals surface area contributed by atoms with Gasteiger partial charge in [-0.3, -0.25) is 19.3 Å². The van der Waals surface area contributed by atoms with Gasteiger partial charge in [-0.25, -0.2) is 8.78 Å². The van der Waals surface area contributed by atoms with Gasteiger partial charge in [-0.15, -0.1) is 0 Å². The fourth-order valence-corrected chi connectivity index (χ4v) is 16.5. The number of ketones is 1. The fraction of sp³-hybridized carbons (Fsp3) is 0.885. The number of hydrogen-bond donors (Lipinski definition) is 8.